The lowest BCUT2D eigenvalue weighted by Crippen LogP contribution is -2.55. The highest BCUT2D eigenvalue weighted by Gasteiger charge is 2.39. The summed E-state index contributed by atoms with van der Waals surface area (Å²) in [6.07, 6.45) is 0. The van der Waals surface area contributed by atoms with E-state index in [9.17, 15) is 18.4 Å². The largest absolute Gasteiger partial charge is 0.497 e. The van der Waals surface area contributed by atoms with Crippen molar-refractivity contribution in [3.05, 3.63) is 54.1 Å². The molecular weight excluding hydrogens is 428 g/mol. The lowest BCUT2D eigenvalue weighted by molar-refractivity contribution is -0.131. The van der Waals surface area contributed by atoms with Gasteiger partial charge in [0.05, 0.1) is 19.1 Å². The zero-order valence-electron chi connectivity index (χ0n) is 17.2. The topological polar surface area (TPSA) is 114 Å². The number of benzene rings is 2. The first-order valence-corrected chi connectivity index (χ1v) is 11.5. The maximum Gasteiger partial charge on any atom is 0.262 e. The van der Waals surface area contributed by atoms with Crippen LogP contribution >= 0.6 is 11.8 Å². The summed E-state index contributed by atoms with van der Waals surface area (Å²) in [6.45, 7) is 3.47. The first kappa shape index (κ1) is 24.0. The molecule has 1 atom stereocenters. The zero-order valence-corrected chi connectivity index (χ0v) is 18.8. The predicted molar refractivity (Wildman–Crippen MR) is 115 cm³/mol. The van der Waals surface area contributed by atoms with Gasteiger partial charge in [-0.25, -0.2) is 13.9 Å². The molecule has 0 saturated carbocycles. The summed E-state index contributed by atoms with van der Waals surface area (Å²) in [6, 6.07) is 12.0. The maximum atomic E-state index is 12.8. The fraction of sp³-hybridized carbons (Fsp3) is 0.350. The molecule has 1 unspecified atom stereocenters. The molecule has 0 aliphatic rings. The van der Waals surface area contributed by atoms with Crippen molar-refractivity contribution in [2.24, 2.45) is 0 Å². The number of nitrogens with one attached hydrogen (secondary N) is 2. The van der Waals surface area contributed by atoms with Gasteiger partial charge in [-0.1, -0.05) is 12.1 Å². The minimum atomic E-state index is -4.02. The lowest BCUT2D eigenvalue weighted by atomic mass is 10.0. The van der Waals surface area contributed by atoms with Crippen LogP contribution in [0.1, 0.15) is 19.4 Å². The van der Waals surface area contributed by atoms with Gasteiger partial charge in [-0.3, -0.25) is 10.0 Å². The van der Waals surface area contributed by atoms with Crippen LogP contribution in [-0.4, -0.2) is 44.5 Å². The van der Waals surface area contributed by atoms with E-state index < -0.39 is 26.7 Å². The number of ether oxygens (including phenoxy) is 2. The molecule has 8 nitrogen and oxygen atoms in total. The standard InChI is InChI=1S/C20H26N2O6S2/c1-20(2,29-13-14-5-7-15(27-3)8-6-14)18(19(23)21-24)22-30(25,26)17-11-9-16(28-4)10-12-17/h5-12,18,22,24H,13H2,1-4H3,(H,21,23). The Hall–Kier alpha value is -2.27. The van der Waals surface area contributed by atoms with Crippen LogP contribution in [0.3, 0.4) is 0 Å². The van der Waals surface area contributed by atoms with Gasteiger partial charge in [-0.2, -0.15) is 4.72 Å². The van der Waals surface area contributed by atoms with Gasteiger partial charge in [0.15, 0.2) is 0 Å². The molecule has 2 rings (SSSR count). The minimum Gasteiger partial charge on any atom is -0.497 e. The quantitative estimate of drug-likeness (QED) is 0.373. The third-order valence-corrected chi connectivity index (χ3v) is 7.38. The van der Waals surface area contributed by atoms with Crippen molar-refractivity contribution in [1.82, 2.24) is 10.2 Å². The van der Waals surface area contributed by atoms with Crippen molar-refractivity contribution in [2.45, 2.75) is 35.3 Å². The van der Waals surface area contributed by atoms with Gasteiger partial charge in [0.25, 0.3) is 5.91 Å². The highest BCUT2D eigenvalue weighted by molar-refractivity contribution is 8.00. The summed E-state index contributed by atoms with van der Waals surface area (Å²) < 4.78 is 37.3. The number of amides is 1. The SMILES string of the molecule is COc1ccc(CSC(C)(C)C(NS(=O)(=O)c2ccc(OC)cc2)C(=O)NO)cc1. The van der Waals surface area contributed by atoms with Crippen molar-refractivity contribution in [1.29, 1.82) is 0 Å². The first-order chi connectivity index (χ1) is 14.1. The molecule has 2 aromatic rings. The summed E-state index contributed by atoms with van der Waals surface area (Å²) in [5.74, 6) is 0.914. The van der Waals surface area contributed by atoms with Gasteiger partial charge in [-0.05, 0) is 55.8 Å². The predicted octanol–water partition coefficient (Wildman–Crippen LogP) is 2.57. The molecule has 0 fully saturated rings. The van der Waals surface area contributed by atoms with E-state index in [1.165, 1.54) is 43.1 Å². The Morgan fingerprint density at radius 2 is 1.53 bits per heavy atom. The molecule has 30 heavy (non-hydrogen) atoms. The summed E-state index contributed by atoms with van der Waals surface area (Å²) >= 11 is 1.38. The molecular formula is C20H26N2O6S2. The number of hydroxylamine groups is 1. The van der Waals surface area contributed by atoms with Gasteiger partial charge in [0, 0.05) is 10.5 Å². The highest BCUT2D eigenvalue weighted by atomic mass is 32.2. The third-order valence-electron chi connectivity index (χ3n) is 4.48. The maximum absolute atomic E-state index is 12.8. The molecule has 0 bridgehead atoms. The number of thioether (sulfide) groups is 1. The fourth-order valence-corrected chi connectivity index (χ4v) is 5.11. The molecule has 10 heteroatoms. The van der Waals surface area contributed by atoms with Gasteiger partial charge >= 0.3 is 0 Å². The van der Waals surface area contributed by atoms with Crippen LogP contribution in [-0.2, 0) is 20.6 Å². The Labute approximate surface area is 181 Å². The van der Waals surface area contributed by atoms with Crippen LogP contribution in [0.4, 0.5) is 0 Å². The van der Waals surface area contributed by atoms with Gasteiger partial charge in [0.1, 0.15) is 17.5 Å². The number of hydrogen-bond acceptors (Lipinski definition) is 7. The van der Waals surface area contributed by atoms with Gasteiger partial charge < -0.3 is 9.47 Å². The number of sulfonamides is 1. The highest BCUT2D eigenvalue weighted by Crippen LogP contribution is 2.33. The van der Waals surface area contributed by atoms with Crippen molar-refractivity contribution in [2.75, 3.05) is 14.2 Å². The molecule has 1 amide bonds. The van der Waals surface area contributed by atoms with Crippen LogP contribution in [0.5, 0.6) is 11.5 Å². The van der Waals surface area contributed by atoms with Crippen LogP contribution in [0.2, 0.25) is 0 Å². The van der Waals surface area contributed by atoms with E-state index in [-0.39, 0.29) is 4.90 Å². The lowest BCUT2D eigenvalue weighted by Gasteiger charge is -2.32. The molecule has 0 aliphatic heterocycles. The van der Waals surface area contributed by atoms with Crippen LogP contribution in [0.15, 0.2) is 53.4 Å². The molecule has 0 saturated heterocycles. The smallest absolute Gasteiger partial charge is 0.262 e. The van der Waals surface area contributed by atoms with Crippen molar-refractivity contribution in [3.63, 3.8) is 0 Å². The number of hydrogen-bond donors (Lipinski definition) is 3. The van der Waals surface area contributed by atoms with Crippen LogP contribution in [0, 0.1) is 0 Å². The Kier molecular flexibility index (Phi) is 8.13. The second kappa shape index (κ2) is 10.2. The average Bonchev–Trinajstić information content (AvgIpc) is 2.76. The van der Waals surface area contributed by atoms with E-state index in [2.05, 4.69) is 4.72 Å². The number of rotatable bonds is 10. The molecule has 0 aromatic heterocycles. The van der Waals surface area contributed by atoms with E-state index in [0.29, 0.717) is 11.5 Å². The van der Waals surface area contributed by atoms with E-state index in [0.717, 1.165) is 11.3 Å². The van der Waals surface area contributed by atoms with Gasteiger partial charge in [-0.15, -0.1) is 11.8 Å². The van der Waals surface area contributed by atoms with E-state index in [1.54, 1.807) is 26.4 Å². The number of carbonyl (C=O) groups is 1. The van der Waals surface area contributed by atoms with E-state index in [1.807, 2.05) is 24.3 Å². The third kappa shape index (κ3) is 6.11. The van der Waals surface area contributed by atoms with Crippen molar-refractivity contribution in [3.8, 4) is 11.5 Å². The zero-order chi connectivity index (χ0) is 22.4. The Balaban J connectivity index is 2.20. The Morgan fingerprint density at radius 1 is 1.03 bits per heavy atom. The minimum absolute atomic E-state index is 0.0185. The summed E-state index contributed by atoms with van der Waals surface area (Å²) in [5, 5.41) is 9.17. The molecule has 0 heterocycles. The molecule has 0 aliphatic carbocycles. The Bertz CT molecular complexity index is 944. The van der Waals surface area contributed by atoms with Crippen molar-refractivity contribution < 1.29 is 27.9 Å². The summed E-state index contributed by atoms with van der Waals surface area (Å²) in [5.41, 5.74) is 2.54. The van der Waals surface area contributed by atoms with Crippen LogP contribution in [0.25, 0.3) is 0 Å². The first-order valence-electron chi connectivity index (χ1n) is 9.00. The molecule has 2 aromatic carbocycles. The van der Waals surface area contributed by atoms with Gasteiger partial charge in [0.2, 0.25) is 10.0 Å². The monoisotopic (exact) mass is 454 g/mol. The number of methoxy groups -OCH3 is 2. The van der Waals surface area contributed by atoms with Crippen LogP contribution < -0.4 is 19.7 Å². The number of carbonyl (C=O) groups excluding carboxylic acids is 1. The fourth-order valence-electron chi connectivity index (χ4n) is 2.63. The Morgan fingerprint density at radius 3 is 2.00 bits per heavy atom. The second-order valence-corrected chi connectivity index (χ2v) is 10.3. The van der Waals surface area contributed by atoms with E-state index in [4.69, 9.17) is 9.47 Å². The second-order valence-electron chi connectivity index (χ2n) is 6.95. The van der Waals surface area contributed by atoms with Crippen molar-refractivity contribution >= 4 is 27.7 Å². The normalized spacial score (nSPS) is 12.8. The average molecular weight is 455 g/mol. The molecule has 3 N–H and O–H groups in total. The summed E-state index contributed by atoms with van der Waals surface area (Å²) in [7, 11) is -0.961. The van der Waals surface area contributed by atoms with E-state index >= 15 is 0 Å². The molecule has 0 spiro atoms. The molecule has 164 valence electrons. The summed E-state index contributed by atoms with van der Waals surface area (Å²) in [4.78, 5) is 12.3. The molecule has 0 radical (unpaired) electrons.